The standard InChI is InChI=1S/C11H12BrNS/c1-2-7-5-8-9(6-12)10(13)3-4-11(8)14-7/h3-5H,2,6,13H2,1H3. The maximum atomic E-state index is 5.92. The van der Waals surface area contributed by atoms with Crippen LogP contribution in [0.3, 0.4) is 0 Å². The van der Waals surface area contributed by atoms with Crippen LogP contribution in [0.25, 0.3) is 10.1 Å². The highest BCUT2D eigenvalue weighted by Crippen LogP contribution is 2.32. The van der Waals surface area contributed by atoms with Crippen molar-refractivity contribution in [3.63, 3.8) is 0 Å². The first kappa shape index (κ1) is 9.99. The molecule has 1 aromatic carbocycles. The molecule has 0 fully saturated rings. The summed E-state index contributed by atoms with van der Waals surface area (Å²) in [6.45, 7) is 2.18. The van der Waals surface area contributed by atoms with Crippen molar-refractivity contribution in [1.82, 2.24) is 0 Å². The Balaban J connectivity index is 2.73. The molecule has 0 unspecified atom stereocenters. The lowest BCUT2D eigenvalue weighted by molar-refractivity contribution is 1.19. The summed E-state index contributed by atoms with van der Waals surface area (Å²) < 4.78 is 1.34. The van der Waals surface area contributed by atoms with Gasteiger partial charge in [-0.3, -0.25) is 0 Å². The van der Waals surface area contributed by atoms with E-state index >= 15 is 0 Å². The molecule has 0 atom stereocenters. The van der Waals surface area contributed by atoms with Crippen molar-refractivity contribution < 1.29 is 0 Å². The molecule has 0 aliphatic rings. The first-order chi connectivity index (χ1) is 6.76. The van der Waals surface area contributed by atoms with Crippen molar-refractivity contribution in [2.24, 2.45) is 0 Å². The lowest BCUT2D eigenvalue weighted by Crippen LogP contribution is -1.90. The van der Waals surface area contributed by atoms with E-state index < -0.39 is 0 Å². The second kappa shape index (κ2) is 3.91. The van der Waals surface area contributed by atoms with Gasteiger partial charge in [0.25, 0.3) is 0 Å². The largest absolute Gasteiger partial charge is 0.398 e. The van der Waals surface area contributed by atoms with Crippen LogP contribution in [-0.4, -0.2) is 0 Å². The van der Waals surface area contributed by atoms with Crippen LogP contribution in [0.15, 0.2) is 18.2 Å². The van der Waals surface area contributed by atoms with E-state index in [1.807, 2.05) is 17.4 Å². The third-order valence-electron chi connectivity index (χ3n) is 2.38. The van der Waals surface area contributed by atoms with E-state index in [-0.39, 0.29) is 0 Å². The molecule has 74 valence electrons. The molecule has 0 spiro atoms. The monoisotopic (exact) mass is 269 g/mol. The van der Waals surface area contributed by atoms with E-state index in [0.717, 1.165) is 17.4 Å². The summed E-state index contributed by atoms with van der Waals surface area (Å²) in [6, 6.07) is 6.36. The van der Waals surface area contributed by atoms with Crippen molar-refractivity contribution >= 4 is 43.0 Å². The highest BCUT2D eigenvalue weighted by atomic mass is 79.9. The van der Waals surface area contributed by atoms with Crippen LogP contribution in [-0.2, 0) is 11.8 Å². The Kier molecular flexibility index (Phi) is 2.79. The molecule has 2 aromatic rings. The minimum absolute atomic E-state index is 0.829. The van der Waals surface area contributed by atoms with Crippen LogP contribution >= 0.6 is 27.3 Å². The second-order valence-electron chi connectivity index (χ2n) is 3.25. The Morgan fingerprint density at radius 2 is 2.21 bits per heavy atom. The van der Waals surface area contributed by atoms with Crippen molar-refractivity contribution in [2.45, 2.75) is 18.7 Å². The van der Waals surface area contributed by atoms with Gasteiger partial charge in [0.2, 0.25) is 0 Å². The molecule has 1 nitrogen and oxygen atoms in total. The minimum Gasteiger partial charge on any atom is -0.398 e. The number of nitrogens with two attached hydrogens (primary N) is 1. The molecular weight excluding hydrogens is 258 g/mol. The maximum absolute atomic E-state index is 5.92. The molecule has 0 bridgehead atoms. The average molecular weight is 270 g/mol. The van der Waals surface area contributed by atoms with Crippen LogP contribution < -0.4 is 5.73 Å². The van der Waals surface area contributed by atoms with Crippen LogP contribution in [0.1, 0.15) is 17.4 Å². The van der Waals surface area contributed by atoms with Gasteiger partial charge in [-0.05, 0) is 35.6 Å². The maximum Gasteiger partial charge on any atom is 0.0362 e. The predicted octanol–water partition coefficient (Wildman–Crippen LogP) is 3.94. The number of rotatable bonds is 2. The molecule has 0 saturated carbocycles. The third kappa shape index (κ3) is 1.55. The molecule has 0 amide bonds. The summed E-state index contributed by atoms with van der Waals surface area (Å²) >= 11 is 5.34. The molecule has 2 rings (SSSR count). The van der Waals surface area contributed by atoms with Crippen LogP contribution in [0, 0.1) is 0 Å². The summed E-state index contributed by atoms with van der Waals surface area (Å²) in [7, 11) is 0. The average Bonchev–Trinajstić information content (AvgIpc) is 2.60. The van der Waals surface area contributed by atoms with E-state index in [1.165, 1.54) is 20.5 Å². The van der Waals surface area contributed by atoms with Gasteiger partial charge < -0.3 is 5.73 Å². The lowest BCUT2D eigenvalue weighted by atomic mass is 10.1. The Bertz CT molecular complexity index is 462. The zero-order valence-corrected chi connectivity index (χ0v) is 10.4. The number of hydrogen-bond acceptors (Lipinski definition) is 2. The molecule has 14 heavy (non-hydrogen) atoms. The third-order valence-corrected chi connectivity index (χ3v) is 4.19. The van der Waals surface area contributed by atoms with Gasteiger partial charge in [-0.25, -0.2) is 0 Å². The number of anilines is 1. The molecule has 0 aliphatic carbocycles. The number of fused-ring (bicyclic) bond motifs is 1. The SMILES string of the molecule is CCc1cc2c(CBr)c(N)ccc2s1. The topological polar surface area (TPSA) is 26.0 Å². The van der Waals surface area contributed by atoms with Crippen LogP contribution in [0.5, 0.6) is 0 Å². The summed E-state index contributed by atoms with van der Waals surface area (Å²) in [5.74, 6) is 0. The van der Waals surface area contributed by atoms with E-state index in [1.54, 1.807) is 0 Å². The molecule has 0 aliphatic heterocycles. The molecular formula is C11H12BrNS. The number of aryl methyl sites for hydroxylation is 1. The highest BCUT2D eigenvalue weighted by molar-refractivity contribution is 9.08. The summed E-state index contributed by atoms with van der Waals surface area (Å²) in [5.41, 5.74) is 8.03. The van der Waals surface area contributed by atoms with Crippen LogP contribution in [0.2, 0.25) is 0 Å². The van der Waals surface area contributed by atoms with Gasteiger partial charge in [0.05, 0.1) is 0 Å². The normalized spacial score (nSPS) is 11.0. The van der Waals surface area contributed by atoms with Crippen molar-refractivity contribution in [1.29, 1.82) is 0 Å². The smallest absolute Gasteiger partial charge is 0.0362 e. The first-order valence-corrected chi connectivity index (χ1v) is 6.55. The Hall–Kier alpha value is -0.540. The number of hydrogen-bond donors (Lipinski definition) is 1. The molecule has 1 heterocycles. The fourth-order valence-electron chi connectivity index (χ4n) is 1.56. The van der Waals surface area contributed by atoms with E-state index in [2.05, 4.69) is 35.0 Å². The predicted molar refractivity (Wildman–Crippen MR) is 68.2 cm³/mol. The number of alkyl halides is 1. The molecule has 0 radical (unpaired) electrons. The Morgan fingerprint density at radius 1 is 1.43 bits per heavy atom. The van der Waals surface area contributed by atoms with Crippen molar-refractivity contribution in [3.05, 3.63) is 28.6 Å². The summed E-state index contributed by atoms with van der Waals surface area (Å²) in [4.78, 5) is 1.42. The zero-order chi connectivity index (χ0) is 10.1. The summed E-state index contributed by atoms with van der Waals surface area (Å²) in [5, 5.41) is 2.14. The van der Waals surface area contributed by atoms with Crippen LogP contribution in [0.4, 0.5) is 5.69 Å². The molecule has 0 saturated heterocycles. The van der Waals surface area contributed by atoms with Gasteiger partial charge in [-0.1, -0.05) is 22.9 Å². The molecule has 3 heteroatoms. The second-order valence-corrected chi connectivity index (χ2v) is 4.97. The van der Waals surface area contributed by atoms with Gasteiger partial charge in [-0.15, -0.1) is 11.3 Å². The number of benzene rings is 1. The van der Waals surface area contributed by atoms with Crippen molar-refractivity contribution in [3.8, 4) is 0 Å². The zero-order valence-electron chi connectivity index (χ0n) is 8.01. The van der Waals surface area contributed by atoms with E-state index in [0.29, 0.717) is 0 Å². The van der Waals surface area contributed by atoms with Gasteiger partial charge in [0, 0.05) is 20.6 Å². The van der Waals surface area contributed by atoms with Gasteiger partial charge in [-0.2, -0.15) is 0 Å². The number of halogens is 1. The number of thiophene rings is 1. The van der Waals surface area contributed by atoms with E-state index in [4.69, 9.17) is 5.73 Å². The van der Waals surface area contributed by atoms with Gasteiger partial charge >= 0.3 is 0 Å². The minimum atomic E-state index is 0.829. The summed E-state index contributed by atoms with van der Waals surface area (Å²) in [6.07, 6.45) is 1.10. The van der Waals surface area contributed by atoms with Crippen molar-refractivity contribution in [2.75, 3.05) is 5.73 Å². The number of nitrogen functional groups attached to an aromatic ring is 1. The van der Waals surface area contributed by atoms with Gasteiger partial charge in [0.1, 0.15) is 0 Å². The van der Waals surface area contributed by atoms with Gasteiger partial charge in [0.15, 0.2) is 0 Å². The first-order valence-electron chi connectivity index (χ1n) is 4.62. The fourth-order valence-corrected chi connectivity index (χ4v) is 3.22. The molecule has 1 aromatic heterocycles. The van der Waals surface area contributed by atoms with E-state index in [9.17, 15) is 0 Å². The lowest BCUT2D eigenvalue weighted by Gasteiger charge is -2.02. The highest BCUT2D eigenvalue weighted by Gasteiger charge is 2.07. The fraction of sp³-hybridized carbons (Fsp3) is 0.273. The quantitative estimate of drug-likeness (QED) is 0.649. The molecule has 2 N–H and O–H groups in total. The Morgan fingerprint density at radius 3 is 2.86 bits per heavy atom. The Labute approximate surface area is 96.1 Å².